The summed E-state index contributed by atoms with van der Waals surface area (Å²) >= 11 is 6.02. The molecule has 1 aromatic rings. The van der Waals surface area contributed by atoms with E-state index in [1.54, 1.807) is 4.90 Å². The second-order valence-electron chi connectivity index (χ2n) is 8.09. The summed E-state index contributed by atoms with van der Waals surface area (Å²) in [6, 6.07) is 3.89. The van der Waals surface area contributed by atoms with Crippen LogP contribution >= 0.6 is 11.6 Å². The van der Waals surface area contributed by atoms with Crippen molar-refractivity contribution in [2.75, 3.05) is 26.2 Å². The van der Waals surface area contributed by atoms with Crippen molar-refractivity contribution in [2.24, 2.45) is 5.92 Å². The second kappa shape index (κ2) is 9.23. The molecular weight excluding hydrogens is 381 g/mol. The highest BCUT2D eigenvalue weighted by molar-refractivity contribution is 6.33. The smallest absolute Gasteiger partial charge is 0.255 e. The highest BCUT2D eigenvalue weighted by Gasteiger charge is 2.30. The van der Waals surface area contributed by atoms with E-state index in [1.165, 1.54) is 25.0 Å². The minimum absolute atomic E-state index is 0.0703. The zero-order valence-corrected chi connectivity index (χ0v) is 17.3. The van der Waals surface area contributed by atoms with E-state index in [0.717, 1.165) is 24.8 Å². The van der Waals surface area contributed by atoms with Gasteiger partial charge in [-0.15, -0.1) is 0 Å². The summed E-state index contributed by atoms with van der Waals surface area (Å²) in [6.45, 7) is 6.48. The zero-order valence-electron chi connectivity index (χ0n) is 16.6. The van der Waals surface area contributed by atoms with E-state index in [2.05, 4.69) is 17.1 Å². The molecule has 154 valence electrons. The molecule has 2 aliphatic rings. The Labute approximate surface area is 171 Å². The molecule has 5 nitrogen and oxygen atoms in total. The lowest BCUT2D eigenvalue weighted by molar-refractivity contribution is -0.127. The molecule has 1 saturated heterocycles. The third kappa shape index (κ3) is 5.03. The van der Waals surface area contributed by atoms with Crippen molar-refractivity contribution in [3.8, 4) is 0 Å². The molecule has 1 aliphatic heterocycles. The average molecular weight is 410 g/mol. The van der Waals surface area contributed by atoms with Crippen LogP contribution < -0.4 is 5.32 Å². The van der Waals surface area contributed by atoms with Crippen LogP contribution in [0.2, 0.25) is 5.02 Å². The molecule has 1 atom stereocenters. The van der Waals surface area contributed by atoms with E-state index < -0.39 is 5.82 Å². The summed E-state index contributed by atoms with van der Waals surface area (Å²) in [5.41, 5.74) is 0.314. The predicted molar refractivity (Wildman–Crippen MR) is 108 cm³/mol. The van der Waals surface area contributed by atoms with E-state index in [0.29, 0.717) is 31.7 Å². The number of carbonyl (C=O) groups is 2. The quantitative estimate of drug-likeness (QED) is 0.829. The summed E-state index contributed by atoms with van der Waals surface area (Å²) in [5.74, 6) is 0.170. The fourth-order valence-electron chi connectivity index (χ4n) is 4.04. The van der Waals surface area contributed by atoms with Crippen LogP contribution in [-0.2, 0) is 4.79 Å². The predicted octanol–water partition coefficient (Wildman–Crippen LogP) is 3.32. The van der Waals surface area contributed by atoms with Gasteiger partial charge in [0.15, 0.2) is 0 Å². The molecule has 1 N–H and O–H groups in total. The van der Waals surface area contributed by atoms with Gasteiger partial charge in [0.05, 0.1) is 16.6 Å². The molecule has 3 rings (SSSR count). The van der Waals surface area contributed by atoms with Gasteiger partial charge in [-0.1, -0.05) is 18.5 Å². The third-order valence-corrected chi connectivity index (χ3v) is 6.37. The number of halogens is 2. The standard InChI is InChI=1S/C21H29ClFN3O2/c1-14-3-6-17(7-4-14)24-20(27)15(2)25-9-11-26(12-10-25)21(28)18-8-5-16(23)13-19(18)22/h5,8,13-15,17H,3-4,6-7,9-12H2,1-2H3,(H,24,27). The van der Waals surface area contributed by atoms with Crippen LogP contribution in [0, 0.1) is 11.7 Å². The first-order valence-electron chi connectivity index (χ1n) is 10.1. The van der Waals surface area contributed by atoms with Gasteiger partial charge in [-0.2, -0.15) is 0 Å². The van der Waals surface area contributed by atoms with E-state index in [9.17, 15) is 14.0 Å². The molecule has 1 aliphatic carbocycles. The minimum atomic E-state index is -0.460. The molecule has 2 fully saturated rings. The lowest BCUT2D eigenvalue weighted by atomic mass is 9.87. The largest absolute Gasteiger partial charge is 0.352 e. The normalized spacial score (nSPS) is 24.6. The lowest BCUT2D eigenvalue weighted by Crippen LogP contribution is -2.56. The number of rotatable bonds is 4. The number of carbonyl (C=O) groups excluding carboxylic acids is 2. The molecule has 1 unspecified atom stereocenters. The highest BCUT2D eigenvalue weighted by atomic mass is 35.5. The number of hydrogen-bond acceptors (Lipinski definition) is 3. The van der Waals surface area contributed by atoms with Crippen LogP contribution in [0.25, 0.3) is 0 Å². The molecular formula is C21H29ClFN3O2. The fourth-order valence-corrected chi connectivity index (χ4v) is 4.29. The maximum Gasteiger partial charge on any atom is 0.255 e. The second-order valence-corrected chi connectivity index (χ2v) is 8.50. The SMILES string of the molecule is CC1CCC(NC(=O)C(C)N2CCN(C(=O)c3ccc(F)cc3Cl)CC2)CC1. The topological polar surface area (TPSA) is 52.7 Å². The minimum Gasteiger partial charge on any atom is -0.352 e. The van der Waals surface area contributed by atoms with Gasteiger partial charge in [-0.3, -0.25) is 14.5 Å². The van der Waals surface area contributed by atoms with Crippen molar-refractivity contribution in [2.45, 2.75) is 51.6 Å². The van der Waals surface area contributed by atoms with Crippen molar-refractivity contribution >= 4 is 23.4 Å². The lowest BCUT2D eigenvalue weighted by Gasteiger charge is -2.38. The van der Waals surface area contributed by atoms with E-state index in [-0.39, 0.29) is 28.9 Å². The summed E-state index contributed by atoms with van der Waals surface area (Å²) in [6.07, 6.45) is 4.46. The number of benzene rings is 1. The van der Waals surface area contributed by atoms with Crippen molar-refractivity contribution in [1.29, 1.82) is 0 Å². The number of nitrogens with one attached hydrogen (secondary N) is 1. The Bertz CT molecular complexity index is 714. The first-order valence-corrected chi connectivity index (χ1v) is 10.5. The highest BCUT2D eigenvalue weighted by Crippen LogP contribution is 2.24. The summed E-state index contributed by atoms with van der Waals surface area (Å²) < 4.78 is 13.2. The molecule has 0 bridgehead atoms. The number of amides is 2. The third-order valence-electron chi connectivity index (χ3n) is 6.05. The molecule has 0 aromatic heterocycles. The number of piperazine rings is 1. The van der Waals surface area contributed by atoms with Gasteiger partial charge in [0.1, 0.15) is 5.82 Å². The summed E-state index contributed by atoms with van der Waals surface area (Å²) in [7, 11) is 0. The Hall–Kier alpha value is -1.66. The molecule has 0 radical (unpaired) electrons. The monoisotopic (exact) mass is 409 g/mol. The van der Waals surface area contributed by atoms with Gasteiger partial charge >= 0.3 is 0 Å². The Balaban J connectivity index is 1.50. The van der Waals surface area contributed by atoms with Crippen LogP contribution in [0.5, 0.6) is 0 Å². The molecule has 28 heavy (non-hydrogen) atoms. The van der Waals surface area contributed by atoms with Crippen molar-refractivity contribution in [3.05, 3.63) is 34.6 Å². The zero-order chi connectivity index (χ0) is 20.3. The number of nitrogens with zero attached hydrogens (tertiary/aromatic N) is 2. The molecule has 1 heterocycles. The Morgan fingerprint density at radius 1 is 1.14 bits per heavy atom. The maximum atomic E-state index is 13.2. The van der Waals surface area contributed by atoms with Crippen LogP contribution in [0.4, 0.5) is 4.39 Å². The van der Waals surface area contributed by atoms with Crippen LogP contribution in [0.3, 0.4) is 0 Å². The molecule has 0 spiro atoms. The molecule has 7 heteroatoms. The number of hydrogen-bond donors (Lipinski definition) is 1. The van der Waals surface area contributed by atoms with Gasteiger partial charge in [0.2, 0.25) is 5.91 Å². The van der Waals surface area contributed by atoms with E-state index in [4.69, 9.17) is 11.6 Å². The van der Waals surface area contributed by atoms with Crippen LogP contribution in [0.1, 0.15) is 49.9 Å². The summed E-state index contributed by atoms with van der Waals surface area (Å²) in [5, 5.41) is 3.32. The summed E-state index contributed by atoms with van der Waals surface area (Å²) in [4.78, 5) is 29.1. The molecule has 1 aromatic carbocycles. The van der Waals surface area contributed by atoms with Gasteiger partial charge in [0, 0.05) is 32.2 Å². The van der Waals surface area contributed by atoms with E-state index >= 15 is 0 Å². The molecule has 1 saturated carbocycles. The van der Waals surface area contributed by atoms with Crippen LogP contribution in [0.15, 0.2) is 18.2 Å². The van der Waals surface area contributed by atoms with Gasteiger partial charge in [-0.05, 0) is 56.7 Å². The van der Waals surface area contributed by atoms with Gasteiger partial charge in [0.25, 0.3) is 5.91 Å². The molecule has 2 amide bonds. The van der Waals surface area contributed by atoms with Crippen molar-refractivity contribution in [3.63, 3.8) is 0 Å². The van der Waals surface area contributed by atoms with E-state index in [1.807, 2.05) is 6.92 Å². The Morgan fingerprint density at radius 3 is 2.39 bits per heavy atom. The maximum absolute atomic E-state index is 13.2. The first kappa shape index (κ1) is 21.1. The fraction of sp³-hybridized carbons (Fsp3) is 0.619. The van der Waals surface area contributed by atoms with Crippen LogP contribution in [-0.4, -0.2) is 59.9 Å². The Morgan fingerprint density at radius 2 is 1.79 bits per heavy atom. The van der Waals surface area contributed by atoms with Crippen molar-refractivity contribution in [1.82, 2.24) is 15.1 Å². The first-order chi connectivity index (χ1) is 13.3. The van der Waals surface area contributed by atoms with Gasteiger partial charge in [-0.25, -0.2) is 4.39 Å². The van der Waals surface area contributed by atoms with Gasteiger partial charge < -0.3 is 10.2 Å². The van der Waals surface area contributed by atoms with Crippen molar-refractivity contribution < 1.29 is 14.0 Å². The average Bonchev–Trinajstić information content (AvgIpc) is 2.69. The Kier molecular flexibility index (Phi) is 6.94.